The maximum Gasteiger partial charge on any atom is 0.240 e. The summed E-state index contributed by atoms with van der Waals surface area (Å²) < 4.78 is 14.3. The first-order valence-corrected chi connectivity index (χ1v) is 13.7. The SMILES string of the molecule is O=C([C@@H]1C[C@@H](Sc2nc3ccccc3[nH]2)CN1Cc1ccccc1)N1CCN(c2ccccc2F)CC1. The number of benzene rings is 3. The van der Waals surface area contributed by atoms with Crippen LogP contribution in [0.15, 0.2) is 84.0 Å². The average molecular weight is 516 g/mol. The molecular formula is C29H30FN5OS. The Labute approximate surface area is 220 Å². The molecule has 2 fully saturated rings. The Kier molecular flexibility index (Phi) is 6.85. The molecule has 0 radical (unpaired) electrons. The second kappa shape index (κ2) is 10.6. The minimum atomic E-state index is -0.211. The van der Waals surface area contributed by atoms with Crippen molar-refractivity contribution in [2.24, 2.45) is 0 Å². The van der Waals surface area contributed by atoms with Gasteiger partial charge >= 0.3 is 0 Å². The van der Waals surface area contributed by atoms with Gasteiger partial charge in [0, 0.05) is 44.5 Å². The number of carbonyl (C=O) groups excluding carboxylic acids is 1. The van der Waals surface area contributed by atoms with Crippen LogP contribution < -0.4 is 4.90 Å². The summed E-state index contributed by atoms with van der Waals surface area (Å²) in [7, 11) is 0. The molecule has 0 unspecified atom stereocenters. The number of aromatic nitrogens is 2. The van der Waals surface area contributed by atoms with Crippen LogP contribution in [0.25, 0.3) is 11.0 Å². The van der Waals surface area contributed by atoms with E-state index in [1.807, 2.05) is 64.4 Å². The Morgan fingerprint density at radius 1 is 0.946 bits per heavy atom. The molecule has 1 amide bonds. The predicted molar refractivity (Wildman–Crippen MR) is 146 cm³/mol. The average Bonchev–Trinajstić information content (AvgIpc) is 3.52. The molecule has 6 rings (SSSR count). The molecule has 1 N–H and O–H groups in total. The second-order valence-electron chi connectivity index (χ2n) is 9.73. The quantitative estimate of drug-likeness (QED) is 0.400. The van der Waals surface area contributed by atoms with Gasteiger partial charge in [-0.25, -0.2) is 9.37 Å². The molecule has 6 nitrogen and oxygen atoms in total. The molecule has 3 heterocycles. The van der Waals surface area contributed by atoms with Crippen LogP contribution in [0, 0.1) is 5.82 Å². The van der Waals surface area contributed by atoms with E-state index in [-0.39, 0.29) is 23.0 Å². The molecule has 3 aromatic carbocycles. The van der Waals surface area contributed by atoms with Crippen molar-refractivity contribution in [3.05, 3.63) is 90.2 Å². The molecule has 8 heteroatoms. The van der Waals surface area contributed by atoms with Crippen LogP contribution >= 0.6 is 11.8 Å². The first-order valence-electron chi connectivity index (χ1n) is 12.8. The number of hydrogen-bond donors (Lipinski definition) is 1. The molecule has 0 aliphatic carbocycles. The van der Waals surface area contributed by atoms with Crippen molar-refractivity contribution < 1.29 is 9.18 Å². The van der Waals surface area contributed by atoms with Crippen molar-refractivity contribution >= 4 is 34.4 Å². The molecule has 37 heavy (non-hydrogen) atoms. The van der Waals surface area contributed by atoms with Crippen molar-refractivity contribution in [1.82, 2.24) is 19.8 Å². The number of amides is 1. The Balaban J connectivity index is 1.16. The Hall–Kier alpha value is -3.36. The van der Waals surface area contributed by atoms with Gasteiger partial charge in [-0.3, -0.25) is 9.69 Å². The molecule has 2 saturated heterocycles. The number of H-pyrrole nitrogens is 1. The maximum atomic E-state index is 14.3. The lowest BCUT2D eigenvalue weighted by molar-refractivity contribution is -0.136. The van der Waals surface area contributed by atoms with Crippen molar-refractivity contribution in [3.8, 4) is 0 Å². The van der Waals surface area contributed by atoms with Crippen molar-refractivity contribution in [2.45, 2.75) is 29.4 Å². The van der Waals surface area contributed by atoms with Gasteiger partial charge in [-0.05, 0) is 36.2 Å². The number of anilines is 1. The van der Waals surface area contributed by atoms with Crippen molar-refractivity contribution in [2.75, 3.05) is 37.6 Å². The fourth-order valence-electron chi connectivity index (χ4n) is 5.43. The van der Waals surface area contributed by atoms with Crippen LogP contribution in [-0.4, -0.2) is 69.7 Å². The smallest absolute Gasteiger partial charge is 0.240 e. The molecule has 2 aliphatic heterocycles. The molecule has 2 atom stereocenters. The highest BCUT2D eigenvalue weighted by Crippen LogP contribution is 2.34. The standard InChI is InChI=1S/C29H30FN5OS/c30-23-10-4-7-13-26(23)33-14-16-34(17-15-33)28(36)27-18-22(20-35(27)19-21-8-2-1-3-9-21)37-29-31-24-11-5-6-12-25(24)32-29/h1-13,22,27H,14-20H2,(H,31,32)/t22-,27+/m1/s1. The summed E-state index contributed by atoms with van der Waals surface area (Å²) in [4.78, 5) is 28.3. The van der Waals surface area contributed by atoms with E-state index >= 15 is 0 Å². The van der Waals surface area contributed by atoms with Gasteiger partial charge < -0.3 is 14.8 Å². The van der Waals surface area contributed by atoms with E-state index in [0.29, 0.717) is 31.9 Å². The van der Waals surface area contributed by atoms with Crippen LogP contribution in [0.1, 0.15) is 12.0 Å². The number of nitrogens with zero attached hydrogens (tertiary/aromatic N) is 4. The summed E-state index contributed by atoms with van der Waals surface area (Å²) in [5.74, 6) is -0.0330. The van der Waals surface area contributed by atoms with E-state index in [0.717, 1.165) is 35.7 Å². The second-order valence-corrected chi connectivity index (χ2v) is 11.0. The highest BCUT2D eigenvalue weighted by atomic mass is 32.2. The summed E-state index contributed by atoms with van der Waals surface area (Å²) in [5.41, 5.74) is 3.82. The molecular weight excluding hydrogens is 485 g/mol. The highest BCUT2D eigenvalue weighted by Gasteiger charge is 2.40. The number of fused-ring (bicyclic) bond motifs is 1. The Bertz CT molecular complexity index is 1340. The lowest BCUT2D eigenvalue weighted by atomic mass is 10.1. The van der Waals surface area contributed by atoms with Crippen LogP contribution in [-0.2, 0) is 11.3 Å². The van der Waals surface area contributed by atoms with Gasteiger partial charge in [0.15, 0.2) is 5.16 Å². The van der Waals surface area contributed by atoms with Crippen molar-refractivity contribution in [3.63, 3.8) is 0 Å². The lowest BCUT2D eigenvalue weighted by Gasteiger charge is -2.38. The number of halogens is 1. The maximum absolute atomic E-state index is 14.3. The molecule has 0 bridgehead atoms. The first-order chi connectivity index (χ1) is 18.1. The van der Waals surface area contributed by atoms with E-state index in [9.17, 15) is 9.18 Å². The van der Waals surface area contributed by atoms with Gasteiger partial charge in [-0.1, -0.05) is 66.4 Å². The number of hydrogen-bond acceptors (Lipinski definition) is 5. The third kappa shape index (κ3) is 5.22. The van der Waals surface area contributed by atoms with Gasteiger partial charge in [0.1, 0.15) is 5.82 Å². The normalized spacial score (nSPS) is 20.6. The van der Waals surface area contributed by atoms with E-state index in [4.69, 9.17) is 4.98 Å². The Morgan fingerprint density at radius 3 is 2.46 bits per heavy atom. The van der Waals surface area contributed by atoms with Gasteiger partial charge in [-0.15, -0.1) is 0 Å². The number of imidazole rings is 1. The largest absolute Gasteiger partial charge is 0.366 e. The van der Waals surface area contributed by atoms with Crippen LogP contribution in [0.4, 0.5) is 10.1 Å². The highest BCUT2D eigenvalue weighted by molar-refractivity contribution is 7.99. The third-order valence-corrected chi connectivity index (χ3v) is 8.40. The van der Waals surface area contributed by atoms with Crippen LogP contribution in [0.5, 0.6) is 0 Å². The minimum absolute atomic E-state index is 0.178. The number of likely N-dealkylation sites (tertiary alicyclic amines) is 1. The number of rotatable bonds is 6. The molecule has 0 saturated carbocycles. The number of nitrogens with one attached hydrogen (secondary N) is 1. The number of piperazine rings is 1. The topological polar surface area (TPSA) is 55.5 Å². The number of para-hydroxylation sites is 3. The fraction of sp³-hybridized carbons (Fsp3) is 0.310. The molecule has 4 aromatic rings. The third-order valence-electron chi connectivity index (χ3n) is 7.31. The van der Waals surface area contributed by atoms with Crippen LogP contribution in [0.2, 0.25) is 0 Å². The summed E-state index contributed by atoms with van der Waals surface area (Å²) in [6.45, 7) is 4.03. The van der Waals surface area contributed by atoms with Crippen molar-refractivity contribution in [1.29, 1.82) is 0 Å². The fourth-order valence-corrected chi connectivity index (χ4v) is 6.61. The zero-order valence-electron chi connectivity index (χ0n) is 20.6. The van der Waals surface area contributed by atoms with E-state index in [1.165, 1.54) is 11.6 Å². The number of carbonyl (C=O) groups is 1. The van der Waals surface area contributed by atoms with Gasteiger partial charge in [0.25, 0.3) is 0 Å². The number of thioether (sulfide) groups is 1. The minimum Gasteiger partial charge on any atom is -0.366 e. The summed E-state index contributed by atoms with van der Waals surface area (Å²) >= 11 is 1.73. The molecule has 1 aromatic heterocycles. The van der Waals surface area contributed by atoms with E-state index < -0.39 is 0 Å². The zero-order valence-corrected chi connectivity index (χ0v) is 21.4. The molecule has 190 valence electrons. The summed E-state index contributed by atoms with van der Waals surface area (Å²) in [6, 6.07) is 25.1. The van der Waals surface area contributed by atoms with E-state index in [2.05, 4.69) is 22.0 Å². The molecule has 2 aliphatic rings. The first kappa shape index (κ1) is 24.0. The van der Waals surface area contributed by atoms with Gasteiger partial charge in [0.05, 0.1) is 22.8 Å². The van der Waals surface area contributed by atoms with Gasteiger partial charge in [-0.2, -0.15) is 0 Å². The van der Waals surface area contributed by atoms with Gasteiger partial charge in [0.2, 0.25) is 5.91 Å². The molecule has 0 spiro atoms. The summed E-state index contributed by atoms with van der Waals surface area (Å²) in [5, 5.41) is 1.16. The predicted octanol–water partition coefficient (Wildman–Crippen LogP) is 4.79. The lowest BCUT2D eigenvalue weighted by Crippen LogP contribution is -2.53. The van der Waals surface area contributed by atoms with Crippen LogP contribution in [0.3, 0.4) is 0 Å². The number of aromatic amines is 1. The van der Waals surface area contributed by atoms with E-state index in [1.54, 1.807) is 17.8 Å². The zero-order chi connectivity index (χ0) is 25.2. The Morgan fingerprint density at radius 2 is 1.68 bits per heavy atom. The monoisotopic (exact) mass is 515 g/mol. The summed E-state index contributed by atoms with van der Waals surface area (Å²) in [6.07, 6.45) is 0.779.